The summed E-state index contributed by atoms with van der Waals surface area (Å²) in [4.78, 5) is 12.5. The minimum atomic E-state index is -3.11. The molecular formula is C19H22FNO3S. The Hall–Kier alpha value is -2.21. The number of hydrogen-bond acceptors (Lipinski definition) is 3. The second-order valence-corrected chi connectivity index (χ2v) is 8.65. The van der Waals surface area contributed by atoms with Crippen LogP contribution in [-0.2, 0) is 15.6 Å². The predicted octanol–water partition coefficient (Wildman–Crippen LogP) is 3.50. The molecular weight excluding hydrogens is 341 g/mol. The van der Waals surface area contributed by atoms with Gasteiger partial charge in [-0.1, -0.05) is 38.1 Å². The molecule has 0 saturated carbocycles. The van der Waals surface area contributed by atoms with Crippen molar-refractivity contribution >= 4 is 15.7 Å². The molecule has 25 heavy (non-hydrogen) atoms. The Kier molecular flexibility index (Phi) is 5.95. The van der Waals surface area contributed by atoms with Gasteiger partial charge in [-0.2, -0.15) is 0 Å². The standard InChI is InChI=1S/C19H22FNO3S/c1-13(2)18(15-8-10-17(20)11-9-15)21-19(22)16-6-4-14(5-7-16)12-25(3,23)24/h4-11,13,18H,12H2,1-3H3,(H,21,22)/t18-/m0/s1. The number of amides is 1. The van der Waals surface area contributed by atoms with E-state index in [2.05, 4.69) is 5.32 Å². The molecule has 1 amide bonds. The first-order valence-electron chi connectivity index (χ1n) is 7.99. The Morgan fingerprint density at radius 1 is 1.04 bits per heavy atom. The van der Waals surface area contributed by atoms with Crippen LogP contribution in [0.3, 0.4) is 0 Å². The van der Waals surface area contributed by atoms with Crippen molar-refractivity contribution in [3.05, 3.63) is 71.0 Å². The molecule has 0 saturated heterocycles. The van der Waals surface area contributed by atoms with Crippen molar-refractivity contribution in [3.8, 4) is 0 Å². The van der Waals surface area contributed by atoms with Gasteiger partial charge in [-0.05, 0) is 41.3 Å². The molecule has 1 N–H and O–H groups in total. The summed E-state index contributed by atoms with van der Waals surface area (Å²) in [6.07, 6.45) is 1.17. The molecule has 0 heterocycles. The van der Waals surface area contributed by atoms with Crippen molar-refractivity contribution < 1.29 is 17.6 Å². The summed E-state index contributed by atoms with van der Waals surface area (Å²) in [6.45, 7) is 3.95. The van der Waals surface area contributed by atoms with Crippen LogP contribution in [0, 0.1) is 11.7 Å². The molecule has 0 aliphatic rings. The van der Waals surface area contributed by atoms with E-state index >= 15 is 0 Å². The number of benzene rings is 2. The van der Waals surface area contributed by atoms with E-state index in [0.29, 0.717) is 11.1 Å². The highest BCUT2D eigenvalue weighted by Gasteiger charge is 2.19. The zero-order valence-electron chi connectivity index (χ0n) is 14.5. The van der Waals surface area contributed by atoms with E-state index in [4.69, 9.17) is 0 Å². The number of rotatable bonds is 6. The molecule has 0 aromatic heterocycles. The van der Waals surface area contributed by atoms with E-state index in [1.165, 1.54) is 18.4 Å². The zero-order chi connectivity index (χ0) is 18.6. The minimum absolute atomic E-state index is 0.0565. The fraction of sp³-hybridized carbons (Fsp3) is 0.316. The summed E-state index contributed by atoms with van der Waals surface area (Å²) in [5.74, 6) is -0.508. The lowest BCUT2D eigenvalue weighted by Gasteiger charge is -2.23. The van der Waals surface area contributed by atoms with E-state index < -0.39 is 9.84 Å². The van der Waals surface area contributed by atoms with Gasteiger partial charge in [-0.25, -0.2) is 12.8 Å². The van der Waals surface area contributed by atoms with Crippen LogP contribution >= 0.6 is 0 Å². The van der Waals surface area contributed by atoms with Gasteiger partial charge in [-0.15, -0.1) is 0 Å². The van der Waals surface area contributed by atoms with E-state index in [0.717, 1.165) is 5.56 Å². The van der Waals surface area contributed by atoms with Gasteiger partial charge < -0.3 is 5.32 Å². The monoisotopic (exact) mass is 363 g/mol. The second kappa shape index (κ2) is 7.78. The van der Waals surface area contributed by atoms with Gasteiger partial charge in [0.1, 0.15) is 5.82 Å². The van der Waals surface area contributed by atoms with Gasteiger partial charge in [0.25, 0.3) is 5.91 Å². The third-order valence-electron chi connectivity index (χ3n) is 3.83. The molecule has 0 aliphatic heterocycles. The maximum absolute atomic E-state index is 13.1. The first-order chi connectivity index (χ1) is 11.7. The van der Waals surface area contributed by atoms with Crippen molar-refractivity contribution in [1.82, 2.24) is 5.32 Å². The summed E-state index contributed by atoms with van der Waals surface area (Å²) in [5, 5.41) is 2.96. The zero-order valence-corrected chi connectivity index (χ0v) is 15.3. The number of carbonyl (C=O) groups is 1. The summed E-state index contributed by atoms with van der Waals surface area (Å²) in [5.41, 5.74) is 1.92. The van der Waals surface area contributed by atoms with Crippen LogP contribution in [0.25, 0.3) is 0 Å². The normalized spacial score (nSPS) is 12.8. The molecule has 0 unspecified atom stereocenters. The van der Waals surface area contributed by atoms with Gasteiger partial charge in [0, 0.05) is 11.8 Å². The summed E-state index contributed by atoms with van der Waals surface area (Å²) < 4.78 is 35.7. The molecule has 4 nitrogen and oxygen atoms in total. The maximum Gasteiger partial charge on any atom is 0.251 e. The van der Waals surface area contributed by atoms with Crippen molar-refractivity contribution in [2.24, 2.45) is 5.92 Å². The third-order valence-corrected chi connectivity index (χ3v) is 4.69. The summed E-state index contributed by atoms with van der Waals surface area (Å²) in [7, 11) is -3.11. The Morgan fingerprint density at radius 2 is 1.60 bits per heavy atom. The Balaban J connectivity index is 2.14. The van der Waals surface area contributed by atoms with E-state index in [-0.39, 0.29) is 29.4 Å². The highest BCUT2D eigenvalue weighted by molar-refractivity contribution is 7.89. The second-order valence-electron chi connectivity index (χ2n) is 6.51. The highest BCUT2D eigenvalue weighted by Crippen LogP contribution is 2.22. The van der Waals surface area contributed by atoms with Gasteiger partial charge in [-0.3, -0.25) is 4.79 Å². The van der Waals surface area contributed by atoms with Crippen molar-refractivity contribution in [2.75, 3.05) is 6.26 Å². The first-order valence-corrected chi connectivity index (χ1v) is 10.0. The van der Waals surface area contributed by atoms with Crippen LogP contribution < -0.4 is 5.32 Å². The molecule has 1 atom stereocenters. The average Bonchev–Trinajstić information content (AvgIpc) is 2.52. The minimum Gasteiger partial charge on any atom is -0.345 e. The maximum atomic E-state index is 13.1. The van der Waals surface area contributed by atoms with Crippen LogP contribution in [0.15, 0.2) is 48.5 Å². The molecule has 0 bridgehead atoms. The smallest absolute Gasteiger partial charge is 0.251 e. The number of nitrogens with one attached hydrogen (secondary N) is 1. The first kappa shape index (κ1) is 19.1. The molecule has 0 radical (unpaired) electrons. The Labute approximate surface area is 148 Å². The molecule has 134 valence electrons. The quantitative estimate of drug-likeness (QED) is 0.854. The fourth-order valence-corrected chi connectivity index (χ4v) is 3.38. The summed E-state index contributed by atoms with van der Waals surface area (Å²) in [6, 6.07) is 12.3. The van der Waals surface area contributed by atoms with Crippen molar-refractivity contribution in [2.45, 2.75) is 25.6 Å². The topological polar surface area (TPSA) is 63.2 Å². The van der Waals surface area contributed by atoms with Crippen LogP contribution in [-0.4, -0.2) is 20.6 Å². The lowest BCUT2D eigenvalue weighted by atomic mass is 9.95. The van der Waals surface area contributed by atoms with Gasteiger partial charge in [0.15, 0.2) is 9.84 Å². The third kappa shape index (κ3) is 5.67. The largest absolute Gasteiger partial charge is 0.345 e. The lowest BCUT2D eigenvalue weighted by Crippen LogP contribution is -2.31. The highest BCUT2D eigenvalue weighted by atomic mass is 32.2. The van der Waals surface area contributed by atoms with E-state index in [9.17, 15) is 17.6 Å². The van der Waals surface area contributed by atoms with E-state index in [1.54, 1.807) is 36.4 Å². The molecule has 0 aliphatic carbocycles. The molecule has 6 heteroatoms. The van der Waals surface area contributed by atoms with Crippen molar-refractivity contribution in [1.29, 1.82) is 0 Å². The van der Waals surface area contributed by atoms with Gasteiger partial charge in [0.05, 0.1) is 11.8 Å². The van der Waals surface area contributed by atoms with Gasteiger partial charge in [0.2, 0.25) is 0 Å². The lowest BCUT2D eigenvalue weighted by molar-refractivity contribution is 0.0925. The summed E-state index contributed by atoms with van der Waals surface area (Å²) >= 11 is 0. The SMILES string of the molecule is CC(C)[C@H](NC(=O)c1ccc(CS(C)(=O)=O)cc1)c1ccc(F)cc1. The van der Waals surface area contributed by atoms with E-state index in [1.807, 2.05) is 13.8 Å². The van der Waals surface area contributed by atoms with Gasteiger partial charge >= 0.3 is 0 Å². The molecule has 2 aromatic carbocycles. The molecule has 2 aromatic rings. The molecule has 0 spiro atoms. The Morgan fingerprint density at radius 3 is 2.08 bits per heavy atom. The fourth-order valence-electron chi connectivity index (χ4n) is 2.58. The number of carbonyl (C=O) groups excluding carboxylic acids is 1. The molecule has 0 fully saturated rings. The number of halogens is 1. The van der Waals surface area contributed by atoms with Crippen LogP contribution in [0.2, 0.25) is 0 Å². The number of sulfone groups is 1. The van der Waals surface area contributed by atoms with Crippen molar-refractivity contribution in [3.63, 3.8) is 0 Å². The number of hydrogen-bond donors (Lipinski definition) is 1. The predicted molar refractivity (Wildman–Crippen MR) is 96.4 cm³/mol. The van der Waals surface area contributed by atoms with Crippen LogP contribution in [0.1, 0.15) is 41.4 Å². The average molecular weight is 363 g/mol. The van der Waals surface area contributed by atoms with Crippen LogP contribution in [0.5, 0.6) is 0 Å². The molecule has 2 rings (SSSR count). The van der Waals surface area contributed by atoms with Crippen LogP contribution in [0.4, 0.5) is 4.39 Å². The Bertz CT molecular complexity index is 828.